The number of rotatable bonds is 0. The number of Topliss-reactive ketones (excluding diaryl/α,β-unsaturated/α-hetero) is 1. The molecule has 2 aliphatic rings. The minimum atomic E-state index is 0.201. The van der Waals surface area contributed by atoms with Crippen LogP contribution in [0.2, 0.25) is 0 Å². The van der Waals surface area contributed by atoms with Crippen LogP contribution in [0.5, 0.6) is 0 Å². The van der Waals surface area contributed by atoms with Crippen molar-refractivity contribution in [1.29, 1.82) is 0 Å². The van der Waals surface area contributed by atoms with Crippen molar-refractivity contribution < 1.29 is 4.79 Å². The lowest BCUT2D eigenvalue weighted by molar-refractivity contribution is -0.116. The second-order valence-corrected chi connectivity index (χ2v) is 5.51. The summed E-state index contributed by atoms with van der Waals surface area (Å²) >= 11 is 0. The number of carbonyl (C=O) groups excluding carboxylic acids is 1. The van der Waals surface area contributed by atoms with Crippen LogP contribution in [-0.4, -0.2) is 17.9 Å². The normalized spacial score (nSPS) is 31.1. The maximum Gasteiger partial charge on any atom is 0.148 e. The molecule has 2 rings (SSSR count). The molecule has 0 bridgehead atoms. The molecular formula is C11H19NO. The van der Waals surface area contributed by atoms with Crippen molar-refractivity contribution in [3.63, 3.8) is 0 Å². The first kappa shape index (κ1) is 9.20. The first-order valence-electron chi connectivity index (χ1n) is 5.28. The van der Waals surface area contributed by atoms with Gasteiger partial charge in [-0.2, -0.15) is 0 Å². The van der Waals surface area contributed by atoms with Crippen molar-refractivity contribution in [1.82, 2.24) is 5.32 Å². The van der Waals surface area contributed by atoms with Gasteiger partial charge in [-0.25, -0.2) is 0 Å². The van der Waals surface area contributed by atoms with E-state index in [-0.39, 0.29) is 5.54 Å². The molecule has 0 amide bonds. The van der Waals surface area contributed by atoms with Crippen LogP contribution in [0.4, 0.5) is 0 Å². The van der Waals surface area contributed by atoms with Crippen LogP contribution in [0, 0.1) is 5.41 Å². The smallest absolute Gasteiger partial charge is 0.148 e. The zero-order valence-electron chi connectivity index (χ0n) is 8.65. The van der Waals surface area contributed by atoms with Gasteiger partial charge in [0.15, 0.2) is 0 Å². The van der Waals surface area contributed by atoms with Gasteiger partial charge in [0, 0.05) is 12.0 Å². The number of ketones is 1. The van der Waals surface area contributed by atoms with E-state index in [1.807, 2.05) is 0 Å². The standard InChI is InChI=1S/C11H19NO/c1-10(2)3-5-11(6-4-10)7-9(13)8-12-11/h12H,3-8H2,1-2H3. The summed E-state index contributed by atoms with van der Waals surface area (Å²) in [5.41, 5.74) is 0.700. The summed E-state index contributed by atoms with van der Waals surface area (Å²) in [4.78, 5) is 11.2. The summed E-state index contributed by atoms with van der Waals surface area (Å²) in [6.07, 6.45) is 5.67. The van der Waals surface area contributed by atoms with Crippen molar-refractivity contribution in [2.45, 2.75) is 51.5 Å². The van der Waals surface area contributed by atoms with Gasteiger partial charge in [-0.3, -0.25) is 4.79 Å². The van der Waals surface area contributed by atoms with Crippen molar-refractivity contribution in [2.24, 2.45) is 5.41 Å². The fourth-order valence-corrected chi connectivity index (χ4v) is 2.55. The molecule has 2 nitrogen and oxygen atoms in total. The van der Waals surface area contributed by atoms with Crippen LogP contribution in [0.15, 0.2) is 0 Å². The maximum atomic E-state index is 11.2. The minimum absolute atomic E-state index is 0.201. The van der Waals surface area contributed by atoms with Crippen molar-refractivity contribution in [2.75, 3.05) is 6.54 Å². The number of carbonyl (C=O) groups is 1. The Morgan fingerprint density at radius 1 is 1.15 bits per heavy atom. The summed E-state index contributed by atoms with van der Waals surface area (Å²) in [5, 5.41) is 3.41. The van der Waals surface area contributed by atoms with Gasteiger partial charge in [-0.15, -0.1) is 0 Å². The Morgan fingerprint density at radius 2 is 1.77 bits per heavy atom. The molecule has 0 radical (unpaired) electrons. The first-order chi connectivity index (χ1) is 6.02. The lowest BCUT2D eigenvalue weighted by Gasteiger charge is -2.41. The number of nitrogens with one attached hydrogen (secondary N) is 1. The van der Waals surface area contributed by atoms with E-state index in [0.717, 1.165) is 6.42 Å². The molecule has 0 unspecified atom stereocenters. The second-order valence-electron chi connectivity index (χ2n) is 5.51. The van der Waals surface area contributed by atoms with Crippen LogP contribution < -0.4 is 5.32 Å². The predicted molar refractivity (Wildman–Crippen MR) is 52.6 cm³/mol. The van der Waals surface area contributed by atoms with Crippen molar-refractivity contribution in [3.05, 3.63) is 0 Å². The van der Waals surface area contributed by atoms with E-state index in [9.17, 15) is 4.79 Å². The summed E-state index contributed by atoms with van der Waals surface area (Å²) in [5.74, 6) is 0.403. The number of hydrogen-bond donors (Lipinski definition) is 1. The van der Waals surface area contributed by atoms with Crippen LogP contribution in [0.25, 0.3) is 0 Å². The Kier molecular flexibility index (Phi) is 1.99. The summed E-state index contributed by atoms with van der Waals surface area (Å²) in [6, 6.07) is 0. The van der Waals surface area contributed by atoms with Gasteiger partial charge in [0.25, 0.3) is 0 Å². The van der Waals surface area contributed by atoms with Crippen LogP contribution in [0.3, 0.4) is 0 Å². The highest BCUT2D eigenvalue weighted by atomic mass is 16.1. The molecule has 0 aromatic heterocycles. The molecule has 1 heterocycles. The lowest BCUT2D eigenvalue weighted by atomic mass is 9.69. The largest absolute Gasteiger partial charge is 0.304 e. The molecule has 1 N–H and O–H groups in total. The molecule has 0 aromatic carbocycles. The highest BCUT2D eigenvalue weighted by Gasteiger charge is 2.42. The van der Waals surface area contributed by atoms with E-state index < -0.39 is 0 Å². The Bertz CT molecular complexity index is 222. The summed E-state index contributed by atoms with van der Waals surface area (Å²) in [6.45, 7) is 5.27. The quantitative estimate of drug-likeness (QED) is 0.618. The third kappa shape index (κ3) is 1.78. The second kappa shape index (κ2) is 2.81. The van der Waals surface area contributed by atoms with Gasteiger partial charge in [0.1, 0.15) is 5.78 Å². The van der Waals surface area contributed by atoms with Crippen molar-refractivity contribution >= 4 is 5.78 Å². The molecule has 0 atom stereocenters. The molecule has 1 saturated heterocycles. The summed E-state index contributed by atoms with van der Waals surface area (Å²) in [7, 11) is 0. The van der Waals surface area contributed by atoms with Gasteiger partial charge >= 0.3 is 0 Å². The summed E-state index contributed by atoms with van der Waals surface area (Å²) < 4.78 is 0. The van der Waals surface area contributed by atoms with Crippen LogP contribution in [0.1, 0.15) is 46.0 Å². The molecular weight excluding hydrogens is 162 g/mol. The molecule has 1 aliphatic carbocycles. The molecule has 1 aliphatic heterocycles. The zero-order valence-corrected chi connectivity index (χ0v) is 8.65. The Balaban J connectivity index is 2.01. The topological polar surface area (TPSA) is 29.1 Å². The Hall–Kier alpha value is -0.370. The zero-order chi connectivity index (χ0) is 9.53. The van der Waals surface area contributed by atoms with Crippen LogP contribution in [-0.2, 0) is 4.79 Å². The van der Waals surface area contributed by atoms with Gasteiger partial charge in [0.05, 0.1) is 6.54 Å². The average molecular weight is 181 g/mol. The van der Waals surface area contributed by atoms with Crippen molar-refractivity contribution in [3.8, 4) is 0 Å². The Morgan fingerprint density at radius 3 is 2.23 bits per heavy atom. The highest BCUT2D eigenvalue weighted by molar-refractivity contribution is 5.84. The maximum absolute atomic E-state index is 11.2. The fraction of sp³-hybridized carbons (Fsp3) is 0.909. The Labute approximate surface area is 80.1 Å². The number of hydrogen-bond acceptors (Lipinski definition) is 2. The van der Waals surface area contributed by atoms with E-state index in [4.69, 9.17) is 0 Å². The molecule has 2 fully saturated rings. The fourth-order valence-electron chi connectivity index (χ4n) is 2.55. The third-order valence-corrected chi connectivity index (χ3v) is 3.76. The molecule has 0 aromatic rings. The van der Waals surface area contributed by atoms with Gasteiger partial charge in [-0.05, 0) is 31.1 Å². The van der Waals surface area contributed by atoms with Gasteiger partial charge < -0.3 is 5.32 Å². The van der Waals surface area contributed by atoms with E-state index in [2.05, 4.69) is 19.2 Å². The van der Waals surface area contributed by atoms with E-state index >= 15 is 0 Å². The average Bonchev–Trinajstić information content (AvgIpc) is 2.41. The van der Waals surface area contributed by atoms with E-state index in [1.54, 1.807) is 0 Å². The molecule has 74 valence electrons. The molecule has 1 saturated carbocycles. The SMILES string of the molecule is CC1(C)CCC2(CC1)CC(=O)CN2. The van der Waals surface area contributed by atoms with Crippen LogP contribution >= 0.6 is 0 Å². The molecule has 1 spiro atoms. The third-order valence-electron chi connectivity index (χ3n) is 3.76. The van der Waals surface area contributed by atoms with E-state index in [0.29, 0.717) is 17.7 Å². The first-order valence-corrected chi connectivity index (χ1v) is 5.28. The van der Waals surface area contributed by atoms with Gasteiger partial charge in [-0.1, -0.05) is 13.8 Å². The predicted octanol–water partition coefficient (Wildman–Crippen LogP) is 1.89. The monoisotopic (exact) mass is 181 g/mol. The van der Waals surface area contributed by atoms with E-state index in [1.165, 1.54) is 25.7 Å². The highest BCUT2D eigenvalue weighted by Crippen LogP contribution is 2.42. The van der Waals surface area contributed by atoms with Gasteiger partial charge in [0.2, 0.25) is 0 Å². The molecule has 13 heavy (non-hydrogen) atoms. The lowest BCUT2D eigenvalue weighted by Crippen LogP contribution is -2.44. The minimum Gasteiger partial charge on any atom is -0.304 e. The molecule has 2 heteroatoms.